The minimum absolute atomic E-state index is 0.192. The molecule has 1 N–H and O–H groups in total. The van der Waals surface area contributed by atoms with Crippen molar-refractivity contribution < 1.29 is 19.0 Å². The molecule has 5 nitrogen and oxygen atoms in total. The molecule has 0 unspecified atom stereocenters. The molecule has 0 bridgehead atoms. The Morgan fingerprint density at radius 3 is 2.40 bits per heavy atom. The van der Waals surface area contributed by atoms with E-state index < -0.39 is 0 Å². The summed E-state index contributed by atoms with van der Waals surface area (Å²) in [6.07, 6.45) is 0.937. The minimum atomic E-state index is -0.192. The quantitative estimate of drug-likeness (QED) is 0.659. The van der Waals surface area contributed by atoms with Crippen LogP contribution >= 0.6 is 0 Å². The van der Waals surface area contributed by atoms with Crippen LogP contribution in [0.15, 0.2) is 48.5 Å². The molecule has 134 valence electrons. The molecule has 0 aliphatic heterocycles. The first-order valence-corrected chi connectivity index (χ1v) is 8.57. The largest absolute Gasteiger partial charge is 0.494 e. The van der Waals surface area contributed by atoms with Gasteiger partial charge >= 0.3 is 0 Å². The molecule has 2 aromatic carbocycles. The smallest absolute Gasteiger partial charge is 0.255 e. The number of hydrogen-bond donors (Lipinski definition) is 1. The Morgan fingerprint density at radius 2 is 1.64 bits per heavy atom. The average molecular weight is 343 g/mol. The fourth-order valence-corrected chi connectivity index (χ4v) is 2.18. The second-order valence-corrected chi connectivity index (χ2v) is 5.40. The van der Waals surface area contributed by atoms with Crippen LogP contribution in [-0.4, -0.2) is 32.3 Å². The summed E-state index contributed by atoms with van der Waals surface area (Å²) >= 11 is 0. The molecule has 25 heavy (non-hydrogen) atoms. The van der Waals surface area contributed by atoms with Crippen LogP contribution in [0, 0.1) is 0 Å². The second kappa shape index (κ2) is 10.4. The molecule has 2 rings (SSSR count). The van der Waals surface area contributed by atoms with Gasteiger partial charge in [0.15, 0.2) is 0 Å². The number of rotatable bonds is 10. The third-order valence-electron chi connectivity index (χ3n) is 3.36. The molecule has 1 amide bonds. The van der Waals surface area contributed by atoms with E-state index in [2.05, 4.69) is 12.2 Å². The maximum absolute atomic E-state index is 12.4. The van der Waals surface area contributed by atoms with Crippen molar-refractivity contribution in [3.8, 4) is 11.5 Å². The number of ether oxygens (including phenoxy) is 3. The van der Waals surface area contributed by atoms with E-state index in [1.165, 1.54) is 0 Å². The van der Waals surface area contributed by atoms with Gasteiger partial charge in [0.1, 0.15) is 18.1 Å². The van der Waals surface area contributed by atoms with Crippen LogP contribution in [0.1, 0.15) is 30.6 Å². The zero-order valence-corrected chi connectivity index (χ0v) is 14.8. The van der Waals surface area contributed by atoms with Gasteiger partial charge in [0.2, 0.25) is 0 Å². The van der Waals surface area contributed by atoms with E-state index in [9.17, 15) is 4.79 Å². The number of anilines is 1. The molecule has 5 heteroatoms. The van der Waals surface area contributed by atoms with Crippen molar-refractivity contribution in [3.05, 3.63) is 54.1 Å². The van der Waals surface area contributed by atoms with Crippen LogP contribution in [0.3, 0.4) is 0 Å². The molecule has 0 saturated carbocycles. The maximum atomic E-state index is 12.4. The van der Waals surface area contributed by atoms with Crippen LogP contribution in [0.4, 0.5) is 5.69 Å². The molecule has 0 heterocycles. The third-order valence-corrected chi connectivity index (χ3v) is 3.36. The molecular weight excluding hydrogens is 318 g/mol. The highest BCUT2D eigenvalue weighted by molar-refractivity contribution is 6.04. The number of nitrogens with one attached hydrogen (secondary N) is 1. The van der Waals surface area contributed by atoms with Gasteiger partial charge in [-0.1, -0.05) is 19.1 Å². The van der Waals surface area contributed by atoms with E-state index in [0.717, 1.165) is 12.2 Å². The summed E-state index contributed by atoms with van der Waals surface area (Å²) in [6, 6.07) is 14.5. The maximum Gasteiger partial charge on any atom is 0.255 e. The van der Waals surface area contributed by atoms with Gasteiger partial charge in [-0.2, -0.15) is 0 Å². The summed E-state index contributed by atoms with van der Waals surface area (Å²) in [6.45, 7) is 6.28. The number of carbonyl (C=O) groups excluding carboxylic acids is 1. The Balaban J connectivity index is 1.96. The highest BCUT2D eigenvalue weighted by atomic mass is 16.5. The van der Waals surface area contributed by atoms with Crippen molar-refractivity contribution in [3.63, 3.8) is 0 Å². The zero-order valence-electron chi connectivity index (χ0n) is 14.8. The van der Waals surface area contributed by atoms with E-state index in [0.29, 0.717) is 43.4 Å². The summed E-state index contributed by atoms with van der Waals surface area (Å²) in [5.74, 6) is 1.20. The number of amides is 1. The lowest BCUT2D eigenvalue weighted by Gasteiger charge is -2.10. The highest BCUT2D eigenvalue weighted by Crippen LogP contribution is 2.19. The molecule has 0 saturated heterocycles. The SMILES string of the molecule is CCCOc1cccc(NC(=O)c2cccc(OCCOCC)c2)c1. The van der Waals surface area contributed by atoms with Crippen LogP contribution in [0.5, 0.6) is 11.5 Å². The fourth-order valence-electron chi connectivity index (χ4n) is 2.18. The lowest BCUT2D eigenvalue weighted by molar-refractivity contribution is 0.102. The molecule has 0 aromatic heterocycles. The first kappa shape index (κ1) is 18.8. The van der Waals surface area contributed by atoms with Crippen LogP contribution in [0.2, 0.25) is 0 Å². The van der Waals surface area contributed by atoms with Crippen LogP contribution in [0.25, 0.3) is 0 Å². The minimum Gasteiger partial charge on any atom is -0.494 e. The predicted octanol–water partition coefficient (Wildman–Crippen LogP) is 4.14. The number of benzene rings is 2. The lowest BCUT2D eigenvalue weighted by Crippen LogP contribution is -2.12. The van der Waals surface area contributed by atoms with E-state index >= 15 is 0 Å². The van der Waals surface area contributed by atoms with E-state index in [4.69, 9.17) is 14.2 Å². The van der Waals surface area contributed by atoms with Gasteiger partial charge in [0.05, 0.1) is 13.2 Å². The molecule has 0 fully saturated rings. The highest BCUT2D eigenvalue weighted by Gasteiger charge is 2.08. The van der Waals surface area contributed by atoms with Gasteiger partial charge in [-0.3, -0.25) is 4.79 Å². The first-order chi connectivity index (χ1) is 12.2. The Labute approximate surface area is 148 Å². The van der Waals surface area contributed by atoms with Crippen molar-refractivity contribution in [2.45, 2.75) is 20.3 Å². The van der Waals surface area contributed by atoms with Gasteiger partial charge in [-0.15, -0.1) is 0 Å². The summed E-state index contributed by atoms with van der Waals surface area (Å²) in [7, 11) is 0. The van der Waals surface area contributed by atoms with E-state index in [-0.39, 0.29) is 5.91 Å². The van der Waals surface area contributed by atoms with Gasteiger partial charge in [0, 0.05) is 23.9 Å². The normalized spacial score (nSPS) is 10.3. The Kier molecular flexibility index (Phi) is 7.79. The van der Waals surface area contributed by atoms with Gasteiger partial charge in [-0.05, 0) is 43.7 Å². The summed E-state index contributed by atoms with van der Waals surface area (Å²) < 4.78 is 16.4. The van der Waals surface area contributed by atoms with Crippen molar-refractivity contribution in [2.75, 3.05) is 31.7 Å². The molecule has 0 aliphatic carbocycles. The zero-order chi connectivity index (χ0) is 17.9. The molecule has 0 radical (unpaired) electrons. The van der Waals surface area contributed by atoms with Gasteiger partial charge < -0.3 is 19.5 Å². The number of carbonyl (C=O) groups is 1. The average Bonchev–Trinajstić information content (AvgIpc) is 2.64. The summed E-state index contributed by atoms with van der Waals surface area (Å²) in [4.78, 5) is 12.4. The van der Waals surface area contributed by atoms with Crippen molar-refractivity contribution >= 4 is 11.6 Å². The third kappa shape index (κ3) is 6.47. The van der Waals surface area contributed by atoms with Crippen molar-refractivity contribution in [2.24, 2.45) is 0 Å². The molecule has 2 aromatic rings. The monoisotopic (exact) mass is 343 g/mol. The molecule has 0 spiro atoms. The molecule has 0 aliphatic rings. The summed E-state index contributed by atoms with van der Waals surface area (Å²) in [5.41, 5.74) is 1.23. The van der Waals surface area contributed by atoms with E-state index in [1.807, 2.05) is 37.3 Å². The van der Waals surface area contributed by atoms with Crippen LogP contribution in [-0.2, 0) is 4.74 Å². The topological polar surface area (TPSA) is 56.8 Å². The number of hydrogen-bond acceptors (Lipinski definition) is 4. The Bertz CT molecular complexity index is 672. The molecule has 0 atom stereocenters. The first-order valence-electron chi connectivity index (χ1n) is 8.57. The lowest BCUT2D eigenvalue weighted by atomic mass is 10.2. The van der Waals surface area contributed by atoms with Crippen molar-refractivity contribution in [1.29, 1.82) is 0 Å². The Hall–Kier alpha value is -2.53. The van der Waals surface area contributed by atoms with Gasteiger partial charge in [0.25, 0.3) is 5.91 Å². The fraction of sp³-hybridized carbons (Fsp3) is 0.350. The molecular formula is C20H25NO4. The second-order valence-electron chi connectivity index (χ2n) is 5.40. The van der Waals surface area contributed by atoms with Crippen LogP contribution < -0.4 is 14.8 Å². The van der Waals surface area contributed by atoms with Gasteiger partial charge in [-0.25, -0.2) is 0 Å². The summed E-state index contributed by atoms with van der Waals surface area (Å²) in [5, 5.41) is 2.88. The van der Waals surface area contributed by atoms with Crippen molar-refractivity contribution in [1.82, 2.24) is 0 Å². The standard InChI is InChI=1S/C20H25NO4/c1-3-11-24-19-10-6-8-17(15-19)21-20(22)16-7-5-9-18(14-16)25-13-12-23-4-2/h5-10,14-15H,3-4,11-13H2,1-2H3,(H,21,22). The van der Waals surface area contributed by atoms with E-state index in [1.54, 1.807) is 18.2 Å². The Morgan fingerprint density at radius 1 is 0.920 bits per heavy atom. The predicted molar refractivity (Wildman–Crippen MR) is 98.6 cm³/mol.